The molecule has 0 aromatic heterocycles. The van der Waals surface area contributed by atoms with Gasteiger partial charge < -0.3 is 4.79 Å². The number of carbonyl (C=O) groups excluding carboxylic acids is 1. The monoisotopic (exact) mass is 214 g/mol. The van der Waals surface area contributed by atoms with E-state index in [-0.39, 0.29) is 5.92 Å². The van der Waals surface area contributed by atoms with Crippen LogP contribution in [0.25, 0.3) is 0 Å². The van der Waals surface area contributed by atoms with Gasteiger partial charge in [0.2, 0.25) is 0 Å². The molecule has 1 unspecified atom stereocenters. The average Bonchev–Trinajstić information content (AvgIpc) is 2.17. The van der Waals surface area contributed by atoms with E-state index >= 15 is 0 Å². The minimum Gasteiger partial charge on any atom is -0.303 e. The van der Waals surface area contributed by atoms with Gasteiger partial charge in [-0.3, -0.25) is 0 Å². The first-order valence-electron chi connectivity index (χ1n) is 4.02. The Bertz CT molecular complexity index is 312. The molecule has 0 heterocycles. The van der Waals surface area contributed by atoms with Gasteiger partial charge in [0.1, 0.15) is 6.29 Å². The van der Waals surface area contributed by atoms with Gasteiger partial charge in [0.05, 0.1) is 0 Å². The second-order valence-corrected chi connectivity index (χ2v) is 3.70. The number of thiol groups is 1. The Morgan fingerprint density at radius 3 is 2.85 bits per heavy atom. The van der Waals surface area contributed by atoms with Crippen LogP contribution in [0, 0.1) is 0 Å². The van der Waals surface area contributed by atoms with Crippen LogP contribution in [0.3, 0.4) is 0 Å². The second-order valence-electron chi connectivity index (χ2n) is 2.95. The number of hydrogen-bond acceptors (Lipinski definition) is 2. The number of halogens is 1. The van der Waals surface area contributed by atoms with Crippen molar-refractivity contribution in [2.45, 2.75) is 23.6 Å². The minimum atomic E-state index is -0.115. The zero-order chi connectivity index (χ0) is 9.84. The van der Waals surface area contributed by atoms with E-state index in [9.17, 15) is 4.79 Å². The summed E-state index contributed by atoms with van der Waals surface area (Å²) in [6.45, 7) is 1.85. The number of alkyl halides is 1. The number of rotatable bonds is 3. The molecule has 1 rings (SSSR count). The predicted octanol–water partition coefficient (Wildman–Crippen LogP) is 3.02. The van der Waals surface area contributed by atoms with Gasteiger partial charge >= 0.3 is 0 Å². The molecule has 70 valence electrons. The lowest BCUT2D eigenvalue weighted by atomic mass is 10.0. The molecule has 0 radical (unpaired) electrons. The molecule has 3 heteroatoms. The van der Waals surface area contributed by atoms with Crippen LogP contribution in [-0.4, -0.2) is 6.29 Å². The quantitative estimate of drug-likeness (QED) is 0.465. The molecule has 0 saturated heterocycles. The molecule has 0 aliphatic rings. The van der Waals surface area contributed by atoms with Crippen molar-refractivity contribution in [3.63, 3.8) is 0 Å². The van der Waals surface area contributed by atoms with Crippen LogP contribution in [0.1, 0.15) is 24.0 Å². The SMILES string of the molecule is CC(C=O)c1cc(CCl)ccc1S. The van der Waals surface area contributed by atoms with Crippen molar-refractivity contribution in [3.05, 3.63) is 29.3 Å². The molecule has 1 aromatic rings. The maximum absolute atomic E-state index is 10.6. The van der Waals surface area contributed by atoms with Crippen molar-refractivity contribution in [2.24, 2.45) is 0 Å². The molecule has 0 fully saturated rings. The molecule has 0 bridgehead atoms. The third-order valence-corrected chi connectivity index (χ3v) is 2.66. The summed E-state index contributed by atoms with van der Waals surface area (Å²) >= 11 is 9.96. The lowest BCUT2D eigenvalue weighted by Crippen LogP contribution is -1.97. The maximum Gasteiger partial charge on any atom is 0.127 e. The average molecular weight is 215 g/mol. The van der Waals surface area contributed by atoms with E-state index in [1.807, 2.05) is 25.1 Å². The highest BCUT2D eigenvalue weighted by Crippen LogP contribution is 2.23. The second kappa shape index (κ2) is 4.68. The maximum atomic E-state index is 10.6. The summed E-state index contributed by atoms with van der Waals surface area (Å²) in [5.74, 6) is 0.350. The Labute approximate surface area is 88.5 Å². The fourth-order valence-corrected chi connectivity index (χ4v) is 1.63. The summed E-state index contributed by atoms with van der Waals surface area (Å²) in [5.41, 5.74) is 1.96. The lowest BCUT2D eigenvalue weighted by molar-refractivity contribution is -0.108. The first kappa shape index (κ1) is 10.6. The Morgan fingerprint density at radius 1 is 1.62 bits per heavy atom. The van der Waals surface area contributed by atoms with Crippen molar-refractivity contribution in [1.82, 2.24) is 0 Å². The van der Waals surface area contributed by atoms with Gasteiger partial charge in [-0.15, -0.1) is 24.2 Å². The molecule has 0 amide bonds. The van der Waals surface area contributed by atoms with E-state index in [1.165, 1.54) is 0 Å². The van der Waals surface area contributed by atoms with Crippen molar-refractivity contribution in [1.29, 1.82) is 0 Å². The van der Waals surface area contributed by atoms with Crippen LogP contribution in [0.15, 0.2) is 23.1 Å². The van der Waals surface area contributed by atoms with E-state index in [2.05, 4.69) is 12.6 Å². The van der Waals surface area contributed by atoms with Crippen molar-refractivity contribution < 1.29 is 4.79 Å². The summed E-state index contributed by atoms with van der Waals surface area (Å²) in [6.07, 6.45) is 0.910. The molecule has 0 N–H and O–H groups in total. The fourth-order valence-electron chi connectivity index (χ4n) is 1.13. The summed E-state index contributed by atoms with van der Waals surface area (Å²) in [6, 6.07) is 5.71. The van der Waals surface area contributed by atoms with Gasteiger partial charge in [-0.25, -0.2) is 0 Å². The van der Waals surface area contributed by atoms with E-state index in [0.717, 1.165) is 22.3 Å². The van der Waals surface area contributed by atoms with Gasteiger partial charge in [-0.2, -0.15) is 0 Å². The molecule has 13 heavy (non-hydrogen) atoms. The van der Waals surface area contributed by atoms with E-state index in [0.29, 0.717) is 5.88 Å². The smallest absolute Gasteiger partial charge is 0.127 e. The first-order chi connectivity index (χ1) is 6.19. The van der Waals surface area contributed by atoms with Gasteiger partial charge in [0, 0.05) is 16.7 Å². The number of benzene rings is 1. The highest BCUT2D eigenvalue weighted by Gasteiger charge is 2.07. The van der Waals surface area contributed by atoms with Crippen LogP contribution < -0.4 is 0 Å². The Kier molecular flexibility index (Phi) is 3.82. The van der Waals surface area contributed by atoms with Crippen LogP contribution in [-0.2, 0) is 10.7 Å². The molecule has 0 spiro atoms. The summed E-state index contributed by atoms with van der Waals surface area (Å²) in [4.78, 5) is 11.4. The summed E-state index contributed by atoms with van der Waals surface area (Å²) in [7, 11) is 0. The van der Waals surface area contributed by atoms with E-state index in [1.54, 1.807) is 0 Å². The number of carbonyl (C=O) groups is 1. The van der Waals surface area contributed by atoms with Gasteiger partial charge in [-0.1, -0.05) is 19.1 Å². The number of aldehydes is 1. The molecular weight excluding hydrogens is 204 g/mol. The van der Waals surface area contributed by atoms with Crippen LogP contribution >= 0.6 is 24.2 Å². The largest absolute Gasteiger partial charge is 0.303 e. The fraction of sp³-hybridized carbons (Fsp3) is 0.300. The standard InChI is InChI=1S/C10H11ClOS/c1-7(6-12)9-4-8(5-11)2-3-10(9)13/h2-4,6-7,13H,5H2,1H3. The highest BCUT2D eigenvalue weighted by atomic mass is 35.5. The van der Waals surface area contributed by atoms with Gasteiger partial charge in [0.25, 0.3) is 0 Å². The first-order valence-corrected chi connectivity index (χ1v) is 5.00. The zero-order valence-electron chi connectivity index (χ0n) is 7.33. The van der Waals surface area contributed by atoms with Crippen molar-refractivity contribution in [3.8, 4) is 0 Å². The zero-order valence-corrected chi connectivity index (χ0v) is 8.98. The summed E-state index contributed by atoms with van der Waals surface area (Å²) in [5, 5.41) is 0. The molecule has 1 atom stereocenters. The molecule has 0 saturated carbocycles. The van der Waals surface area contributed by atoms with E-state index in [4.69, 9.17) is 11.6 Å². The third-order valence-electron chi connectivity index (χ3n) is 1.94. The Hall–Kier alpha value is -0.470. The van der Waals surface area contributed by atoms with Crippen LogP contribution in [0.4, 0.5) is 0 Å². The Morgan fingerprint density at radius 2 is 2.31 bits per heavy atom. The van der Waals surface area contributed by atoms with E-state index < -0.39 is 0 Å². The third kappa shape index (κ3) is 2.48. The summed E-state index contributed by atoms with van der Waals surface area (Å²) < 4.78 is 0. The molecule has 0 aliphatic heterocycles. The van der Waals surface area contributed by atoms with Gasteiger partial charge in [-0.05, 0) is 17.2 Å². The van der Waals surface area contributed by atoms with Crippen LogP contribution in [0.2, 0.25) is 0 Å². The predicted molar refractivity (Wildman–Crippen MR) is 57.7 cm³/mol. The molecule has 1 aromatic carbocycles. The lowest BCUT2D eigenvalue weighted by Gasteiger charge is -2.08. The molecular formula is C10H11ClOS. The topological polar surface area (TPSA) is 17.1 Å². The normalized spacial score (nSPS) is 12.5. The molecule has 1 nitrogen and oxygen atoms in total. The highest BCUT2D eigenvalue weighted by molar-refractivity contribution is 7.80. The van der Waals surface area contributed by atoms with Gasteiger partial charge in [0.15, 0.2) is 0 Å². The number of hydrogen-bond donors (Lipinski definition) is 1. The minimum absolute atomic E-state index is 0.115. The van der Waals surface area contributed by atoms with Crippen LogP contribution in [0.5, 0.6) is 0 Å². The molecule has 0 aliphatic carbocycles. The van der Waals surface area contributed by atoms with Crippen molar-refractivity contribution >= 4 is 30.5 Å². The Balaban J connectivity index is 3.10. The van der Waals surface area contributed by atoms with Crippen molar-refractivity contribution in [2.75, 3.05) is 0 Å².